The molecule has 0 radical (unpaired) electrons. The van der Waals surface area contributed by atoms with Gasteiger partial charge in [-0.05, 0) is 18.2 Å². The number of ether oxygens (including phenoxy) is 1. The smallest absolute Gasteiger partial charge is 0.324 e. The molecule has 4 nitrogen and oxygen atoms in total. The fourth-order valence-electron chi connectivity index (χ4n) is 0.613. The number of rotatable bonds is 8. The monoisotopic (exact) mass is 228 g/mol. The highest BCUT2D eigenvalue weighted by Gasteiger charge is 2.10. The van der Waals surface area contributed by atoms with E-state index in [2.05, 4.69) is 23.3 Å². The van der Waals surface area contributed by atoms with Gasteiger partial charge in [0.25, 0.3) is 0 Å². The first-order chi connectivity index (χ1) is 6.12. The summed E-state index contributed by atoms with van der Waals surface area (Å²) < 4.78 is 14.7. The molecule has 13 heavy (non-hydrogen) atoms. The first kappa shape index (κ1) is 13.5. The van der Waals surface area contributed by atoms with Gasteiger partial charge in [0.1, 0.15) is 0 Å². The van der Waals surface area contributed by atoms with Crippen LogP contribution in [0.4, 0.5) is 0 Å². The van der Waals surface area contributed by atoms with Gasteiger partial charge in [0.05, 0.1) is 13.2 Å². The van der Waals surface area contributed by atoms with Crippen LogP contribution in [0.3, 0.4) is 0 Å². The maximum absolute atomic E-state index is 9.15. The highest BCUT2D eigenvalue weighted by Crippen LogP contribution is 2.41. The largest absolute Gasteiger partial charge is 0.379 e. The molecule has 0 saturated heterocycles. The van der Waals surface area contributed by atoms with Crippen molar-refractivity contribution in [1.82, 2.24) is 0 Å². The molecule has 0 aromatic rings. The van der Waals surface area contributed by atoms with Gasteiger partial charge in [-0.2, -0.15) is 0 Å². The van der Waals surface area contributed by atoms with Crippen molar-refractivity contribution in [1.29, 1.82) is 0 Å². The van der Waals surface area contributed by atoms with E-state index in [9.17, 15) is 0 Å². The molecule has 0 saturated carbocycles. The molecule has 6 heteroatoms. The average molecular weight is 228 g/mol. The average Bonchev–Trinajstić information content (AvgIpc) is 2.11. The van der Waals surface area contributed by atoms with E-state index in [1.807, 2.05) is 0 Å². The third-order valence-corrected chi connectivity index (χ3v) is 3.09. The normalized spacial score (nSPS) is 15.6. The second kappa shape index (κ2) is 7.85. The summed E-state index contributed by atoms with van der Waals surface area (Å²) in [5.74, 6) is 0. The highest BCUT2D eigenvalue weighted by molar-refractivity contribution is 8.07. The zero-order valence-corrected chi connectivity index (χ0v) is 9.77. The highest BCUT2D eigenvalue weighted by atomic mass is 32.5. The Morgan fingerprint density at radius 3 is 2.54 bits per heavy atom. The molecule has 0 aliphatic rings. The van der Waals surface area contributed by atoms with E-state index in [1.54, 1.807) is 0 Å². The van der Waals surface area contributed by atoms with Crippen LogP contribution in [0, 0.1) is 0 Å². The number of unbranched alkanes of at least 4 members (excludes halogenated alkanes) is 1. The van der Waals surface area contributed by atoms with Crippen molar-refractivity contribution >= 4 is 18.5 Å². The predicted molar refractivity (Wildman–Crippen MR) is 55.2 cm³/mol. The lowest BCUT2D eigenvalue weighted by Gasteiger charge is -2.12. The summed E-state index contributed by atoms with van der Waals surface area (Å²) in [4.78, 5) is 9.15. The van der Waals surface area contributed by atoms with E-state index in [-0.39, 0.29) is 6.61 Å². The maximum Gasteiger partial charge on any atom is 0.324 e. The Hall–Kier alpha value is 0.490. The molecule has 0 fully saturated rings. The van der Waals surface area contributed by atoms with E-state index in [0.29, 0.717) is 6.61 Å². The van der Waals surface area contributed by atoms with Crippen LogP contribution in [0.1, 0.15) is 19.8 Å². The van der Waals surface area contributed by atoms with Crippen molar-refractivity contribution in [2.24, 2.45) is 0 Å². The maximum atomic E-state index is 9.15. The lowest BCUT2D eigenvalue weighted by molar-refractivity contribution is 0.0901. The van der Waals surface area contributed by atoms with E-state index in [1.165, 1.54) is 7.11 Å². The Labute approximate surface area is 84.4 Å². The third-order valence-electron chi connectivity index (χ3n) is 1.36. The van der Waals surface area contributed by atoms with Gasteiger partial charge in [-0.15, -0.1) is 0 Å². The van der Waals surface area contributed by atoms with Crippen LogP contribution >= 0.6 is 6.72 Å². The molecule has 0 aliphatic heterocycles. The second-order valence-electron chi connectivity index (χ2n) is 2.45. The fourth-order valence-corrected chi connectivity index (χ4v) is 1.25. The molecule has 0 aromatic heterocycles. The van der Waals surface area contributed by atoms with E-state index in [4.69, 9.17) is 14.2 Å². The minimum absolute atomic E-state index is 0.283. The van der Waals surface area contributed by atoms with Crippen molar-refractivity contribution in [2.75, 3.05) is 26.9 Å². The zero-order chi connectivity index (χ0) is 10.2. The van der Waals surface area contributed by atoms with Crippen molar-refractivity contribution in [3.8, 4) is 0 Å². The molecule has 1 unspecified atom stereocenters. The summed E-state index contributed by atoms with van der Waals surface area (Å²) in [6.07, 6.45) is 2.15. The molecule has 0 aliphatic carbocycles. The van der Waals surface area contributed by atoms with Crippen molar-refractivity contribution in [3.63, 3.8) is 0 Å². The number of hydrogen-bond donors (Lipinski definition) is 1. The van der Waals surface area contributed by atoms with Gasteiger partial charge in [-0.1, -0.05) is 13.3 Å². The molecule has 0 rings (SSSR count). The van der Waals surface area contributed by atoms with Gasteiger partial charge in [0.15, 0.2) is 0 Å². The summed E-state index contributed by atoms with van der Waals surface area (Å²) in [6, 6.07) is 0. The van der Waals surface area contributed by atoms with Crippen LogP contribution in [0.25, 0.3) is 0 Å². The molecular weight excluding hydrogens is 211 g/mol. The molecule has 1 N–H and O–H groups in total. The van der Waals surface area contributed by atoms with Crippen LogP contribution in [0.2, 0.25) is 0 Å². The SMILES string of the molecule is CCCCOCCOP(O)(=S)OC. The van der Waals surface area contributed by atoms with E-state index in [0.717, 1.165) is 19.4 Å². The standard InChI is InChI=1S/C7H17O4PS/c1-3-4-5-10-6-7-11-12(8,13)9-2/h3-7H2,1-2H3,(H,8,13). The first-order valence-corrected chi connectivity index (χ1v) is 6.82. The first-order valence-electron chi connectivity index (χ1n) is 4.23. The molecule has 0 amide bonds. The Bertz CT molecular complexity index is 165. The zero-order valence-electron chi connectivity index (χ0n) is 8.06. The molecule has 0 aromatic carbocycles. The summed E-state index contributed by atoms with van der Waals surface area (Å²) in [5, 5.41) is 0. The van der Waals surface area contributed by atoms with Gasteiger partial charge < -0.3 is 18.7 Å². The Morgan fingerprint density at radius 2 is 2.00 bits per heavy atom. The van der Waals surface area contributed by atoms with Crippen molar-refractivity contribution < 1.29 is 18.7 Å². The molecule has 0 spiro atoms. The minimum atomic E-state index is -2.98. The van der Waals surface area contributed by atoms with E-state index < -0.39 is 6.72 Å². The van der Waals surface area contributed by atoms with Gasteiger partial charge in [0.2, 0.25) is 0 Å². The summed E-state index contributed by atoms with van der Waals surface area (Å²) in [7, 11) is 1.33. The topological polar surface area (TPSA) is 47.9 Å². The lowest BCUT2D eigenvalue weighted by Crippen LogP contribution is -2.04. The van der Waals surface area contributed by atoms with Crippen LogP contribution in [0.15, 0.2) is 0 Å². The summed E-state index contributed by atoms with van der Waals surface area (Å²) >= 11 is 4.61. The third kappa shape index (κ3) is 8.81. The fraction of sp³-hybridized carbons (Fsp3) is 1.00. The molecule has 1 atom stereocenters. The van der Waals surface area contributed by atoms with Gasteiger partial charge in [0, 0.05) is 13.7 Å². The Balaban J connectivity index is 3.21. The van der Waals surface area contributed by atoms with Gasteiger partial charge in [-0.3, -0.25) is 0 Å². The van der Waals surface area contributed by atoms with Crippen LogP contribution in [-0.4, -0.2) is 31.8 Å². The van der Waals surface area contributed by atoms with Gasteiger partial charge >= 0.3 is 6.72 Å². The summed E-state index contributed by atoms with van der Waals surface area (Å²) in [6.45, 7) is 0.573. The van der Waals surface area contributed by atoms with Crippen LogP contribution < -0.4 is 0 Å². The summed E-state index contributed by atoms with van der Waals surface area (Å²) in [5.41, 5.74) is 0. The lowest BCUT2D eigenvalue weighted by atomic mass is 10.4. The quantitative estimate of drug-likeness (QED) is 0.506. The van der Waals surface area contributed by atoms with Gasteiger partial charge in [-0.25, -0.2) is 0 Å². The number of hydrogen-bond acceptors (Lipinski definition) is 4. The van der Waals surface area contributed by atoms with Crippen molar-refractivity contribution in [2.45, 2.75) is 19.8 Å². The molecular formula is C7H17O4PS. The Kier molecular flexibility index (Phi) is 8.15. The van der Waals surface area contributed by atoms with E-state index >= 15 is 0 Å². The van der Waals surface area contributed by atoms with Crippen LogP contribution in [-0.2, 0) is 25.6 Å². The minimum Gasteiger partial charge on any atom is -0.379 e. The Morgan fingerprint density at radius 1 is 1.31 bits per heavy atom. The molecule has 0 heterocycles. The second-order valence-corrected chi connectivity index (χ2v) is 5.40. The van der Waals surface area contributed by atoms with Crippen LogP contribution in [0.5, 0.6) is 0 Å². The molecule has 80 valence electrons. The molecule has 0 bridgehead atoms. The predicted octanol–water partition coefficient (Wildman–Crippen LogP) is 1.68. The van der Waals surface area contributed by atoms with Crippen molar-refractivity contribution in [3.05, 3.63) is 0 Å².